The Morgan fingerprint density at radius 2 is 2.29 bits per heavy atom. The molecule has 2 fully saturated rings. The van der Waals surface area contributed by atoms with Gasteiger partial charge in [-0.15, -0.1) is 11.3 Å². The van der Waals surface area contributed by atoms with Crippen LogP contribution in [0.4, 0.5) is 0 Å². The predicted octanol–water partition coefficient (Wildman–Crippen LogP) is 2.88. The molecule has 0 amide bonds. The summed E-state index contributed by atoms with van der Waals surface area (Å²) < 4.78 is 12.1. The van der Waals surface area contributed by atoms with Crippen molar-refractivity contribution in [2.24, 2.45) is 0 Å². The molecule has 4 heterocycles. The number of thiazole rings is 1. The Kier molecular flexibility index (Phi) is 5.18. The lowest BCUT2D eigenvalue weighted by molar-refractivity contribution is -0.102. The number of rotatable bonds is 6. The lowest BCUT2D eigenvalue weighted by atomic mass is 9.99. The molecule has 24 heavy (non-hydrogen) atoms. The highest BCUT2D eigenvalue weighted by atomic mass is 32.1. The summed E-state index contributed by atoms with van der Waals surface area (Å²) in [6, 6.07) is 4.53. The number of hydrogen-bond donors (Lipinski definition) is 0. The molecule has 2 aromatic rings. The van der Waals surface area contributed by atoms with Crippen molar-refractivity contribution < 1.29 is 9.47 Å². The van der Waals surface area contributed by atoms with Gasteiger partial charge in [0.15, 0.2) is 0 Å². The van der Waals surface area contributed by atoms with Crippen LogP contribution in [-0.4, -0.2) is 46.3 Å². The molecule has 6 heteroatoms. The highest BCUT2D eigenvalue weighted by Gasteiger charge is 2.39. The fourth-order valence-corrected chi connectivity index (χ4v) is 4.34. The quantitative estimate of drug-likeness (QED) is 0.806. The van der Waals surface area contributed by atoms with Crippen LogP contribution in [0, 0.1) is 0 Å². The Hall–Kier alpha value is -1.34. The number of likely N-dealkylation sites (tertiary alicyclic amines) is 1. The van der Waals surface area contributed by atoms with Gasteiger partial charge in [0.25, 0.3) is 0 Å². The molecular weight excluding hydrogens is 322 g/mol. The number of ether oxygens (including phenoxy) is 2. The third kappa shape index (κ3) is 3.83. The molecule has 0 radical (unpaired) electrons. The van der Waals surface area contributed by atoms with Crippen molar-refractivity contribution in [1.82, 2.24) is 14.9 Å². The normalized spacial score (nSPS) is 27.2. The van der Waals surface area contributed by atoms with E-state index in [2.05, 4.69) is 20.2 Å². The fourth-order valence-electron chi connectivity index (χ4n) is 3.70. The zero-order chi connectivity index (χ0) is 16.2. The zero-order valence-corrected chi connectivity index (χ0v) is 14.5. The second-order valence-corrected chi connectivity index (χ2v) is 7.48. The first-order valence-corrected chi connectivity index (χ1v) is 9.51. The second kappa shape index (κ2) is 7.70. The summed E-state index contributed by atoms with van der Waals surface area (Å²) in [5.41, 5.74) is 1.11. The smallest absolute Gasteiger partial charge is 0.107 e. The van der Waals surface area contributed by atoms with Gasteiger partial charge < -0.3 is 9.47 Å². The summed E-state index contributed by atoms with van der Waals surface area (Å²) in [4.78, 5) is 11.1. The van der Waals surface area contributed by atoms with Crippen molar-refractivity contribution in [3.05, 3.63) is 46.7 Å². The summed E-state index contributed by atoms with van der Waals surface area (Å²) in [5.74, 6) is 0. The summed E-state index contributed by atoms with van der Waals surface area (Å²) in [5, 5.41) is 3.26. The van der Waals surface area contributed by atoms with Gasteiger partial charge in [-0.05, 0) is 30.9 Å². The van der Waals surface area contributed by atoms with E-state index in [1.807, 2.05) is 24.5 Å². The van der Waals surface area contributed by atoms with Crippen molar-refractivity contribution in [2.45, 2.75) is 50.7 Å². The third-order valence-electron chi connectivity index (χ3n) is 4.87. The first kappa shape index (κ1) is 16.1. The second-order valence-electron chi connectivity index (χ2n) is 6.50. The average molecular weight is 345 g/mol. The Balaban J connectivity index is 1.23. The van der Waals surface area contributed by atoms with Gasteiger partial charge in [0.1, 0.15) is 5.01 Å². The van der Waals surface area contributed by atoms with Crippen LogP contribution in [0.15, 0.2) is 36.1 Å². The number of hydrogen-bond acceptors (Lipinski definition) is 6. The average Bonchev–Trinajstić information content (AvgIpc) is 3.26. The van der Waals surface area contributed by atoms with Crippen LogP contribution >= 0.6 is 11.3 Å². The van der Waals surface area contributed by atoms with Gasteiger partial charge >= 0.3 is 0 Å². The number of aromatic nitrogens is 2. The summed E-state index contributed by atoms with van der Waals surface area (Å²) in [6.07, 6.45) is 9.49. The molecule has 0 unspecified atom stereocenters. The number of nitrogens with zero attached hydrogens (tertiary/aromatic N) is 3. The summed E-state index contributed by atoms with van der Waals surface area (Å²) in [7, 11) is 0. The lowest BCUT2D eigenvalue weighted by Crippen LogP contribution is -2.43. The van der Waals surface area contributed by atoms with E-state index >= 15 is 0 Å². The highest BCUT2D eigenvalue weighted by Crippen LogP contribution is 2.32. The SMILES string of the molecule is c1cncc(COC[C@@H]2CC[C@H]3[C@H](CCN3Cc3nccs3)O2)c1. The van der Waals surface area contributed by atoms with Crippen molar-refractivity contribution >= 4 is 11.3 Å². The van der Waals surface area contributed by atoms with Gasteiger partial charge in [0.05, 0.1) is 32.0 Å². The van der Waals surface area contributed by atoms with E-state index in [0.29, 0.717) is 25.4 Å². The van der Waals surface area contributed by atoms with E-state index in [0.717, 1.165) is 31.5 Å². The van der Waals surface area contributed by atoms with Crippen LogP contribution < -0.4 is 0 Å². The first-order valence-electron chi connectivity index (χ1n) is 8.63. The van der Waals surface area contributed by atoms with Gasteiger partial charge in [0.2, 0.25) is 0 Å². The van der Waals surface area contributed by atoms with Gasteiger partial charge in [-0.3, -0.25) is 9.88 Å². The molecule has 2 aromatic heterocycles. The van der Waals surface area contributed by atoms with Crippen LogP contribution in [0.1, 0.15) is 29.8 Å². The highest BCUT2D eigenvalue weighted by molar-refractivity contribution is 7.09. The molecule has 4 rings (SSSR count). The number of pyridine rings is 1. The van der Waals surface area contributed by atoms with Gasteiger partial charge in [-0.1, -0.05) is 6.07 Å². The van der Waals surface area contributed by atoms with Gasteiger partial charge in [-0.25, -0.2) is 4.98 Å². The van der Waals surface area contributed by atoms with Gasteiger partial charge in [0, 0.05) is 36.6 Å². The molecular formula is C18H23N3O2S. The molecule has 2 saturated heterocycles. The topological polar surface area (TPSA) is 47.5 Å². The lowest BCUT2D eigenvalue weighted by Gasteiger charge is -2.35. The molecule has 0 aromatic carbocycles. The van der Waals surface area contributed by atoms with Crippen LogP contribution in [-0.2, 0) is 22.6 Å². The van der Waals surface area contributed by atoms with Crippen molar-refractivity contribution in [2.75, 3.05) is 13.2 Å². The summed E-state index contributed by atoms with van der Waals surface area (Å²) >= 11 is 1.74. The minimum Gasteiger partial charge on any atom is -0.374 e. The van der Waals surface area contributed by atoms with E-state index in [1.165, 1.54) is 11.4 Å². The molecule has 2 aliphatic rings. The Morgan fingerprint density at radius 3 is 3.12 bits per heavy atom. The van der Waals surface area contributed by atoms with E-state index in [9.17, 15) is 0 Å². The Bertz CT molecular complexity index is 622. The van der Waals surface area contributed by atoms with E-state index < -0.39 is 0 Å². The molecule has 0 bridgehead atoms. The predicted molar refractivity (Wildman–Crippen MR) is 92.7 cm³/mol. The Labute approximate surface area is 146 Å². The molecule has 0 saturated carbocycles. The maximum atomic E-state index is 6.30. The monoisotopic (exact) mass is 345 g/mol. The van der Waals surface area contributed by atoms with Crippen molar-refractivity contribution in [3.63, 3.8) is 0 Å². The minimum atomic E-state index is 0.225. The molecule has 5 nitrogen and oxygen atoms in total. The molecule has 3 atom stereocenters. The largest absolute Gasteiger partial charge is 0.374 e. The molecule has 0 aliphatic carbocycles. The van der Waals surface area contributed by atoms with Gasteiger partial charge in [-0.2, -0.15) is 0 Å². The van der Waals surface area contributed by atoms with Crippen molar-refractivity contribution in [1.29, 1.82) is 0 Å². The number of fused-ring (bicyclic) bond motifs is 1. The van der Waals surface area contributed by atoms with E-state index in [1.54, 1.807) is 17.5 Å². The van der Waals surface area contributed by atoms with Crippen LogP contribution in [0.25, 0.3) is 0 Å². The standard InChI is InChI=1S/C18H23N3O2S/c1-2-14(10-19-6-1)12-22-13-15-3-4-16-17(23-15)5-8-21(16)11-18-20-7-9-24-18/h1-2,6-7,9-10,15-17H,3-5,8,11-13H2/t15-,16-,17-/m0/s1. The molecule has 0 spiro atoms. The maximum Gasteiger partial charge on any atom is 0.107 e. The van der Waals surface area contributed by atoms with E-state index in [-0.39, 0.29) is 6.10 Å². The van der Waals surface area contributed by atoms with Crippen LogP contribution in [0.2, 0.25) is 0 Å². The minimum absolute atomic E-state index is 0.225. The van der Waals surface area contributed by atoms with Crippen LogP contribution in [0.5, 0.6) is 0 Å². The maximum absolute atomic E-state index is 6.30. The first-order chi connectivity index (χ1) is 11.9. The molecule has 0 N–H and O–H groups in total. The fraction of sp³-hybridized carbons (Fsp3) is 0.556. The van der Waals surface area contributed by atoms with Crippen molar-refractivity contribution in [3.8, 4) is 0 Å². The molecule has 128 valence electrons. The van der Waals surface area contributed by atoms with E-state index in [4.69, 9.17) is 9.47 Å². The van der Waals surface area contributed by atoms with Crippen LogP contribution in [0.3, 0.4) is 0 Å². The Morgan fingerprint density at radius 1 is 1.29 bits per heavy atom. The zero-order valence-electron chi connectivity index (χ0n) is 13.7. The molecule has 2 aliphatic heterocycles. The summed E-state index contributed by atoms with van der Waals surface area (Å²) in [6.45, 7) is 3.35. The third-order valence-corrected chi connectivity index (χ3v) is 5.63.